The molecule has 0 unspecified atom stereocenters. The van der Waals surface area contributed by atoms with Crippen molar-refractivity contribution in [1.82, 2.24) is 20.0 Å². The van der Waals surface area contributed by atoms with Crippen LogP contribution in [0.25, 0.3) is 0 Å². The molecular formula is C20H24N4O3. The summed E-state index contributed by atoms with van der Waals surface area (Å²) >= 11 is 0. The largest absolute Gasteiger partial charge is 0.364 e. The first kappa shape index (κ1) is 17.7. The van der Waals surface area contributed by atoms with E-state index in [0.29, 0.717) is 30.8 Å². The number of hydrogen-bond donors (Lipinski definition) is 1. The van der Waals surface area contributed by atoms with Gasteiger partial charge in [0.25, 0.3) is 5.91 Å². The maximum atomic E-state index is 13.1. The molecule has 4 rings (SSSR count). The summed E-state index contributed by atoms with van der Waals surface area (Å²) in [6.07, 6.45) is 0.360. The zero-order valence-electron chi connectivity index (χ0n) is 15.9. The van der Waals surface area contributed by atoms with Crippen molar-refractivity contribution in [2.24, 2.45) is 0 Å². The van der Waals surface area contributed by atoms with Crippen LogP contribution in [0.1, 0.15) is 33.7 Å². The summed E-state index contributed by atoms with van der Waals surface area (Å²) in [7, 11) is 1.84. The molecule has 0 radical (unpaired) electrons. The molecule has 0 spiro atoms. The van der Waals surface area contributed by atoms with Crippen LogP contribution in [0, 0.1) is 13.8 Å². The molecule has 1 N–H and O–H groups in total. The molecule has 2 aromatic rings. The Labute approximate surface area is 158 Å². The molecule has 27 heavy (non-hydrogen) atoms. The number of morpholine rings is 1. The number of nitrogens with one attached hydrogen (secondary N) is 1. The lowest BCUT2D eigenvalue weighted by Crippen LogP contribution is -2.67. The molecule has 3 heterocycles. The summed E-state index contributed by atoms with van der Waals surface area (Å²) in [5, 5.41) is 7.02. The van der Waals surface area contributed by atoms with E-state index in [1.165, 1.54) is 0 Å². The van der Waals surface area contributed by atoms with Gasteiger partial charge < -0.3 is 14.5 Å². The van der Waals surface area contributed by atoms with Crippen molar-refractivity contribution >= 4 is 11.8 Å². The summed E-state index contributed by atoms with van der Waals surface area (Å²) in [5.41, 5.74) is 2.60. The molecule has 7 nitrogen and oxygen atoms in total. The predicted molar refractivity (Wildman–Crippen MR) is 99.2 cm³/mol. The highest BCUT2D eigenvalue weighted by molar-refractivity contribution is 5.96. The van der Waals surface area contributed by atoms with Crippen molar-refractivity contribution in [1.29, 1.82) is 0 Å². The zero-order valence-corrected chi connectivity index (χ0v) is 15.9. The van der Waals surface area contributed by atoms with Gasteiger partial charge in [-0.15, -0.1) is 0 Å². The first-order valence-electron chi connectivity index (χ1n) is 9.20. The Morgan fingerprint density at radius 1 is 1.30 bits per heavy atom. The number of nitrogens with zero attached hydrogens (tertiary/aromatic N) is 3. The molecule has 7 heteroatoms. The average Bonchev–Trinajstić information content (AvgIpc) is 3.03. The minimum Gasteiger partial charge on any atom is -0.364 e. The van der Waals surface area contributed by atoms with Crippen LogP contribution in [-0.2, 0) is 15.1 Å². The summed E-state index contributed by atoms with van der Waals surface area (Å²) in [5.74, 6) is -0.0695. The predicted octanol–water partition coefficient (Wildman–Crippen LogP) is 1.63. The van der Waals surface area contributed by atoms with E-state index in [-0.39, 0.29) is 24.5 Å². The molecule has 2 aliphatic rings. The lowest BCUT2D eigenvalue weighted by Gasteiger charge is -2.54. The van der Waals surface area contributed by atoms with Crippen LogP contribution in [0.2, 0.25) is 0 Å². The van der Waals surface area contributed by atoms with Gasteiger partial charge in [0.2, 0.25) is 5.91 Å². The van der Waals surface area contributed by atoms with Gasteiger partial charge in [0.1, 0.15) is 12.7 Å². The number of H-pyrrole nitrogens is 1. The SMILES string of the molecule is Cc1n[nH]c(C)c1C(=O)N1CC[C@]2(c3ccccc3)[C@@H](C1)OCC(=O)N2C. The van der Waals surface area contributed by atoms with Crippen molar-refractivity contribution in [2.45, 2.75) is 31.9 Å². The van der Waals surface area contributed by atoms with E-state index in [9.17, 15) is 9.59 Å². The zero-order chi connectivity index (χ0) is 19.2. The fourth-order valence-electron chi connectivity index (χ4n) is 4.43. The van der Waals surface area contributed by atoms with E-state index in [1.54, 1.807) is 0 Å². The number of ether oxygens (including phenoxy) is 1. The Bertz CT molecular complexity index is 859. The van der Waals surface area contributed by atoms with Gasteiger partial charge in [-0.05, 0) is 25.8 Å². The number of fused-ring (bicyclic) bond motifs is 1. The third-order valence-electron chi connectivity index (χ3n) is 5.97. The third-order valence-corrected chi connectivity index (χ3v) is 5.97. The van der Waals surface area contributed by atoms with Crippen LogP contribution in [0.15, 0.2) is 30.3 Å². The van der Waals surface area contributed by atoms with Crippen molar-refractivity contribution in [3.05, 3.63) is 52.8 Å². The second-order valence-corrected chi connectivity index (χ2v) is 7.35. The number of aryl methyl sites for hydroxylation is 2. The average molecular weight is 368 g/mol. The maximum Gasteiger partial charge on any atom is 0.257 e. The van der Waals surface area contributed by atoms with E-state index in [1.807, 2.05) is 61.0 Å². The van der Waals surface area contributed by atoms with Gasteiger partial charge in [0.15, 0.2) is 0 Å². The van der Waals surface area contributed by atoms with Crippen LogP contribution in [0.4, 0.5) is 0 Å². The van der Waals surface area contributed by atoms with Gasteiger partial charge >= 0.3 is 0 Å². The molecule has 0 bridgehead atoms. The second kappa shape index (κ2) is 6.49. The number of hydrogen-bond acceptors (Lipinski definition) is 4. The van der Waals surface area contributed by atoms with Crippen LogP contribution in [0.3, 0.4) is 0 Å². The van der Waals surface area contributed by atoms with Crippen molar-refractivity contribution < 1.29 is 14.3 Å². The number of rotatable bonds is 2. The van der Waals surface area contributed by atoms with E-state index in [4.69, 9.17) is 4.74 Å². The molecule has 1 aromatic heterocycles. The molecule has 142 valence electrons. The maximum absolute atomic E-state index is 13.1. The van der Waals surface area contributed by atoms with E-state index in [2.05, 4.69) is 10.2 Å². The minimum atomic E-state index is -0.548. The van der Waals surface area contributed by atoms with Crippen LogP contribution in [-0.4, -0.2) is 64.7 Å². The summed E-state index contributed by atoms with van der Waals surface area (Å²) in [6.45, 7) is 4.72. The van der Waals surface area contributed by atoms with Gasteiger partial charge in [-0.25, -0.2) is 0 Å². The van der Waals surface area contributed by atoms with E-state index in [0.717, 1.165) is 11.3 Å². The number of benzene rings is 1. The van der Waals surface area contributed by atoms with Gasteiger partial charge in [-0.3, -0.25) is 14.7 Å². The fraction of sp³-hybridized carbons (Fsp3) is 0.450. The molecule has 2 amide bonds. The monoisotopic (exact) mass is 368 g/mol. The molecule has 2 fully saturated rings. The first-order valence-corrected chi connectivity index (χ1v) is 9.20. The highest BCUT2D eigenvalue weighted by Gasteiger charge is 2.53. The molecule has 0 saturated carbocycles. The summed E-state index contributed by atoms with van der Waals surface area (Å²) in [6, 6.07) is 9.98. The first-order chi connectivity index (χ1) is 12.9. The molecule has 2 saturated heterocycles. The topological polar surface area (TPSA) is 78.5 Å². The van der Waals surface area contributed by atoms with E-state index >= 15 is 0 Å². The number of carbonyl (C=O) groups is 2. The number of aromatic amines is 1. The lowest BCUT2D eigenvalue weighted by molar-refractivity contribution is -0.180. The second-order valence-electron chi connectivity index (χ2n) is 7.35. The highest BCUT2D eigenvalue weighted by atomic mass is 16.5. The third kappa shape index (κ3) is 2.65. The number of likely N-dealkylation sites (N-methyl/N-ethyl adjacent to an activating group) is 1. The van der Waals surface area contributed by atoms with Gasteiger partial charge in [-0.2, -0.15) is 5.10 Å². The summed E-state index contributed by atoms with van der Waals surface area (Å²) < 4.78 is 5.97. The Hall–Kier alpha value is -2.67. The number of piperidine rings is 1. The van der Waals surface area contributed by atoms with Crippen LogP contribution < -0.4 is 0 Å². The molecule has 1 aromatic carbocycles. The van der Waals surface area contributed by atoms with Crippen molar-refractivity contribution in [2.75, 3.05) is 26.7 Å². The molecular weight excluding hydrogens is 344 g/mol. The highest BCUT2D eigenvalue weighted by Crippen LogP contribution is 2.42. The van der Waals surface area contributed by atoms with E-state index < -0.39 is 5.54 Å². The van der Waals surface area contributed by atoms with Gasteiger partial charge in [-0.1, -0.05) is 30.3 Å². The quantitative estimate of drug-likeness (QED) is 0.874. The Morgan fingerprint density at radius 3 is 2.70 bits per heavy atom. The molecule has 2 aliphatic heterocycles. The Morgan fingerprint density at radius 2 is 2.04 bits per heavy atom. The standard InChI is InChI=1S/C20H24N4O3/c1-13-18(14(2)22-21-13)19(26)24-10-9-20(15-7-5-4-6-8-15)16(11-24)27-12-17(25)23(20)3/h4-8,16H,9-12H2,1-3H3,(H,21,22)/t16-,20+/m1/s1. The fourth-order valence-corrected chi connectivity index (χ4v) is 4.43. The van der Waals surface area contributed by atoms with Crippen LogP contribution in [0.5, 0.6) is 0 Å². The normalized spacial score (nSPS) is 25.4. The lowest BCUT2D eigenvalue weighted by atomic mass is 9.76. The Kier molecular flexibility index (Phi) is 4.26. The van der Waals surface area contributed by atoms with Crippen molar-refractivity contribution in [3.63, 3.8) is 0 Å². The number of likely N-dealkylation sites (tertiary alicyclic amines) is 1. The molecule has 0 aliphatic carbocycles. The smallest absolute Gasteiger partial charge is 0.257 e. The van der Waals surface area contributed by atoms with Gasteiger partial charge in [0.05, 0.1) is 16.8 Å². The summed E-state index contributed by atoms with van der Waals surface area (Å²) in [4.78, 5) is 29.2. The number of aromatic nitrogens is 2. The Balaban J connectivity index is 1.68. The van der Waals surface area contributed by atoms with Crippen molar-refractivity contribution in [3.8, 4) is 0 Å². The van der Waals surface area contributed by atoms with Crippen LogP contribution >= 0.6 is 0 Å². The minimum absolute atomic E-state index is 0.0311. The van der Waals surface area contributed by atoms with Gasteiger partial charge in [0, 0.05) is 25.8 Å². The number of carbonyl (C=O) groups excluding carboxylic acids is 2. The number of amides is 2. The molecule has 2 atom stereocenters.